The molecule has 0 aromatic heterocycles. The summed E-state index contributed by atoms with van der Waals surface area (Å²) < 4.78 is 23.1. The van der Waals surface area contributed by atoms with Crippen molar-refractivity contribution in [1.29, 1.82) is 0 Å². The first-order chi connectivity index (χ1) is 6.52. The summed E-state index contributed by atoms with van der Waals surface area (Å²) in [6, 6.07) is 8.11. The van der Waals surface area contributed by atoms with Crippen molar-refractivity contribution in [3.63, 3.8) is 0 Å². The molecular weight excluding hydrogens is 220 g/mol. The Morgan fingerprint density at radius 1 is 1.29 bits per heavy atom. The van der Waals surface area contributed by atoms with Crippen LogP contribution in [0.4, 0.5) is 0 Å². The van der Waals surface area contributed by atoms with Crippen LogP contribution >= 0.6 is 11.8 Å². The van der Waals surface area contributed by atoms with Crippen molar-refractivity contribution >= 4 is 26.7 Å². The van der Waals surface area contributed by atoms with Crippen LogP contribution in [0.15, 0.2) is 35.2 Å². The van der Waals surface area contributed by atoms with Gasteiger partial charge in [0.25, 0.3) is 0 Å². The third-order valence-corrected chi connectivity index (χ3v) is 4.63. The number of hydrogen-bond donors (Lipinski definition) is 0. The fourth-order valence-corrected chi connectivity index (χ4v) is 3.26. The van der Waals surface area contributed by atoms with Gasteiger partial charge in [-0.25, -0.2) is 8.42 Å². The molecule has 0 saturated heterocycles. The highest BCUT2D eigenvalue weighted by atomic mass is 32.3. The first-order valence-electron chi connectivity index (χ1n) is 3.93. The second kappa shape index (κ2) is 4.61. The molecule has 76 valence electrons. The Balaban J connectivity index is 2.82. The molecule has 0 bridgehead atoms. The Hall–Kier alpha value is -0.810. The van der Waals surface area contributed by atoms with E-state index in [9.17, 15) is 13.2 Å². The van der Waals surface area contributed by atoms with E-state index in [4.69, 9.17) is 0 Å². The van der Waals surface area contributed by atoms with E-state index >= 15 is 0 Å². The maximum absolute atomic E-state index is 11.6. The molecule has 5 heteroatoms. The number of carbonyl (C=O) groups excluding carboxylic acids is 1. The van der Waals surface area contributed by atoms with E-state index in [1.165, 1.54) is 19.1 Å². The highest BCUT2D eigenvalue weighted by molar-refractivity contribution is 8.21. The van der Waals surface area contributed by atoms with Gasteiger partial charge in [-0.05, 0) is 12.1 Å². The number of carbonyl (C=O) groups is 1. The molecule has 0 atom stereocenters. The average molecular weight is 230 g/mol. The van der Waals surface area contributed by atoms with Crippen molar-refractivity contribution in [2.24, 2.45) is 0 Å². The summed E-state index contributed by atoms with van der Waals surface area (Å²) in [5.74, 6) is 0. The number of benzene rings is 1. The summed E-state index contributed by atoms with van der Waals surface area (Å²) in [6.07, 6.45) is 0. The number of thioether (sulfide) groups is 1. The van der Waals surface area contributed by atoms with Gasteiger partial charge in [0.15, 0.2) is 15.0 Å². The van der Waals surface area contributed by atoms with Crippen molar-refractivity contribution in [1.82, 2.24) is 0 Å². The molecule has 3 nitrogen and oxygen atoms in total. The van der Waals surface area contributed by atoms with E-state index < -0.39 is 9.84 Å². The van der Waals surface area contributed by atoms with Crippen LogP contribution in [-0.2, 0) is 14.6 Å². The lowest BCUT2D eigenvalue weighted by Gasteiger charge is -2.01. The zero-order valence-corrected chi connectivity index (χ0v) is 9.27. The molecule has 0 aliphatic rings. The molecule has 0 saturated carbocycles. The molecule has 0 amide bonds. The predicted octanol–water partition coefficient (Wildman–Crippen LogP) is 1.70. The maximum atomic E-state index is 11.6. The van der Waals surface area contributed by atoms with Gasteiger partial charge in [-0.15, -0.1) is 0 Å². The monoisotopic (exact) mass is 230 g/mol. The Morgan fingerprint density at radius 3 is 2.36 bits per heavy atom. The molecule has 1 rings (SSSR count). The van der Waals surface area contributed by atoms with Crippen LogP contribution in [-0.4, -0.2) is 18.6 Å². The highest BCUT2D eigenvalue weighted by Crippen LogP contribution is 2.15. The minimum absolute atomic E-state index is 0.188. The minimum Gasteiger partial charge on any atom is -0.288 e. The van der Waals surface area contributed by atoms with Gasteiger partial charge in [0.1, 0.15) is 5.08 Å². The third kappa shape index (κ3) is 3.16. The normalized spacial score (nSPS) is 11.2. The molecule has 0 radical (unpaired) electrons. The average Bonchev–Trinajstić information content (AvgIpc) is 2.16. The molecule has 0 heterocycles. The Morgan fingerprint density at radius 2 is 1.86 bits per heavy atom. The third-order valence-electron chi connectivity index (χ3n) is 1.52. The number of rotatable bonds is 3. The van der Waals surface area contributed by atoms with Crippen LogP contribution in [0.2, 0.25) is 0 Å². The summed E-state index contributed by atoms with van der Waals surface area (Å²) in [5, 5.41) is -0.378. The van der Waals surface area contributed by atoms with E-state index in [1.54, 1.807) is 18.2 Å². The fraction of sp³-hybridized carbons (Fsp3) is 0.222. The van der Waals surface area contributed by atoms with Gasteiger partial charge in [0.05, 0.1) is 4.90 Å². The SMILES string of the molecule is CC(=O)SCS(=O)(=O)c1ccccc1. The van der Waals surface area contributed by atoms with E-state index in [0.29, 0.717) is 0 Å². The quantitative estimate of drug-likeness (QED) is 0.793. The van der Waals surface area contributed by atoms with E-state index in [2.05, 4.69) is 0 Å². The van der Waals surface area contributed by atoms with Crippen molar-refractivity contribution in [2.45, 2.75) is 11.8 Å². The van der Waals surface area contributed by atoms with Crippen molar-refractivity contribution < 1.29 is 13.2 Å². The van der Waals surface area contributed by atoms with Crippen LogP contribution in [0.25, 0.3) is 0 Å². The molecular formula is C9H10O3S2. The van der Waals surface area contributed by atoms with Gasteiger partial charge < -0.3 is 0 Å². The van der Waals surface area contributed by atoms with E-state index in [0.717, 1.165) is 11.8 Å². The predicted molar refractivity (Wildman–Crippen MR) is 56.8 cm³/mol. The molecule has 0 fully saturated rings. The maximum Gasteiger partial charge on any atom is 0.188 e. The second-order valence-corrected chi connectivity index (χ2v) is 6.19. The molecule has 14 heavy (non-hydrogen) atoms. The molecule has 1 aromatic rings. The smallest absolute Gasteiger partial charge is 0.188 e. The first kappa shape index (κ1) is 11.3. The van der Waals surface area contributed by atoms with Crippen LogP contribution in [0.5, 0.6) is 0 Å². The number of hydrogen-bond acceptors (Lipinski definition) is 4. The van der Waals surface area contributed by atoms with Gasteiger partial charge in [-0.1, -0.05) is 30.0 Å². The summed E-state index contributed by atoms with van der Waals surface area (Å²) >= 11 is 0.806. The Kier molecular flexibility index (Phi) is 3.71. The highest BCUT2D eigenvalue weighted by Gasteiger charge is 2.14. The molecule has 0 aliphatic heterocycles. The lowest BCUT2D eigenvalue weighted by atomic mass is 10.4. The summed E-state index contributed by atoms with van der Waals surface area (Å²) in [4.78, 5) is 10.9. The molecule has 0 spiro atoms. The fourth-order valence-electron chi connectivity index (χ4n) is 0.856. The summed E-state index contributed by atoms with van der Waals surface area (Å²) in [6.45, 7) is 1.35. The van der Waals surface area contributed by atoms with Gasteiger partial charge in [-0.3, -0.25) is 4.79 Å². The van der Waals surface area contributed by atoms with Gasteiger partial charge in [-0.2, -0.15) is 0 Å². The van der Waals surface area contributed by atoms with E-state index in [1.807, 2.05) is 0 Å². The molecule has 0 N–H and O–H groups in total. The second-order valence-electron chi connectivity index (χ2n) is 2.68. The topological polar surface area (TPSA) is 51.2 Å². The lowest BCUT2D eigenvalue weighted by molar-refractivity contribution is -0.109. The largest absolute Gasteiger partial charge is 0.288 e. The van der Waals surface area contributed by atoms with Crippen LogP contribution in [0.1, 0.15) is 6.92 Å². The lowest BCUT2D eigenvalue weighted by Crippen LogP contribution is -2.04. The van der Waals surface area contributed by atoms with Crippen molar-refractivity contribution in [3.05, 3.63) is 30.3 Å². The minimum atomic E-state index is -3.31. The van der Waals surface area contributed by atoms with Crippen molar-refractivity contribution in [2.75, 3.05) is 5.08 Å². The van der Waals surface area contributed by atoms with Gasteiger partial charge in [0.2, 0.25) is 0 Å². The first-order valence-corrected chi connectivity index (χ1v) is 6.57. The molecule has 0 aliphatic carbocycles. The molecule has 0 unspecified atom stereocenters. The molecule has 1 aromatic carbocycles. The Labute approximate surface area is 87.4 Å². The van der Waals surface area contributed by atoms with Crippen molar-refractivity contribution in [3.8, 4) is 0 Å². The van der Waals surface area contributed by atoms with Crippen LogP contribution in [0, 0.1) is 0 Å². The van der Waals surface area contributed by atoms with E-state index in [-0.39, 0.29) is 15.1 Å². The summed E-state index contributed by atoms with van der Waals surface area (Å²) in [5.41, 5.74) is 0. The van der Waals surface area contributed by atoms with Crippen LogP contribution in [0.3, 0.4) is 0 Å². The zero-order valence-electron chi connectivity index (χ0n) is 7.64. The zero-order chi connectivity index (χ0) is 10.6. The van der Waals surface area contributed by atoms with Crippen LogP contribution < -0.4 is 0 Å². The summed E-state index contributed by atoms with van der Waals surface area (Å²) in [7, 11) is -3.31. The van der Waals surface area contributed by atoms with Gasteiger partial charge in [0, 0.05) is 6.92 Å². The Bertz CT molecular complexity index is 409. The standard InChI is InChI=1S/C9H10O3S2/c1-8(10)13-7-14(11,12)9-5-3-2-4-6-9/h2-6H,7H2,1H3. The number of sulfone groups is 1. The van der Waals surface area contributed by atoms with Gasteiger partial charge >= 0.3 is 0 Å².